The monoisotopic (exact) mass is 271 g/mol. The normalized spacial score (nSPS) is 12.4. The van der Waals surface area contributed by atoms with Crippen molar-refractivity contribution >= 4 is 5.91 Å². The molecule has 1 unspecified atom stereocenters. The van der Waals surface area contributed by atoms with Crippen LogP contribution < -0.4 is 5.32 Å². The van der Waals surface area contributed by atoms with E-state index in [1.165, 1.54) is 51.4 Å². The van der Waals surface area contributed by atoms with Gasteiger partial charge in [-0.2, -0.15) is 0 Å². The lowest BCUT2D eigenvalue weighted by Gasteiger charge is -2.09. The second kappa shape index (κ2) is 13.9. The van der Waals surface area contributed by atoms with E-state index in [-0.39, 0.29) is 5.91 Å². The van der Waals surface area contributed by atoms with Crippen LogP contribution in [0.2, 0.25) is 0 Å². The summed E-state index contributed by atoms with van der Waals surface area (Å²) in [5.74, 6) is -0.0195. The van der Waals surface area contributed by atoms with Gasteiger partial charge in [0.2, 0.25) is 5.91 Å². The zero-order chi connectivity index (χ0) is 14.3. The van der Waals surface area contributed by atoms with E-state index in [0.717, 1.165) is 12.8 Å². The van der Waals surface area contributed by atoms with E-state index in [0.29, 0.717) is 12.8 Å². The van der Waals surface area contributed by atoms with Gasteiger partial charge in [0, 0.05) is 6.42 Å². The molecule has 2 N–H and O–H groups in total. The van der Waals surface area contributed by atoms with Crippen LogP contribution in [0.5, 0.6) is 0 Å². The number of rotatable bonds is 13. The van der Waals surface area contributed by atoms with Crippen molar-refractivity contribution in [2.45, 2.75) is 97.1 Å². The van der Waals surface area contributed by atoms with Gasteiger partial charge >= 0.3 is 0 Å². The number of hydrogen-bond acceptors (Lipinski definition) is 2. The molecule has 0 aromatic carbocycles. The average molecular weight is 271 g/mol. The second-order valence-corrected chi connectivity index (χ2v) is 5.42. The molecule has 1 atom stereocenters. The Morgan fingerprint density at radius 1 is 0.895 bits per heavy atom. The predicted octanol–water partition coefficient (Wildman–Crippen LogP) is 4.14. The molecule has 0 aliphatic carbocycles. The van der Waals surface area contributed by atoms with Crippen molar-refractivity contribution in [3.63, 3.8) is 0 Å². The molecule has 0 rings (SSSR count). The number of aliphatic hydroxyl groups is 1. The number of hydrogen-bond donors (Lipinski definition) is 2. The minimum atomic E-state index is -0.671. The maximum atomic E-state index is 11.4. The van der Waals surface area contributed by atoms with Crippen LogP contribution in [0.3, 0.4) is 0 Å². The minimum Gasteiger partial charge on any atom is -0.374 e. The molecule has 19 heavy (non-hydrogen) atoms. The predicted molar refractivity (Wildman–Crippen MR) is 80.9 cm³/mol. The highest BCUT2D eigenvalue weighted by Gasteiger charge is 2.05. The van der Waals surface area contributed by atoms with Gasteiger partial charge in [0.25, 0.3) is 0 Å². The Labute approximate surface area is 119 Å². The highest BCUT2D eigenvalue weighted by atomic mass is 16.3. The van der Waals surface area contributed by atoms with Crippen LogP contribution in [-0.2, 0) is 4.79 Å². The Kier molecular flexibility index (Phi) is 13.4. The molecule has 0 fully saturated rings. The third-order valence-electron chi connectivity index (χ3n) is 3.47. The maximum absolute atomic E-state index is 11.4. The van der Waals surface area contributed by atoms with Crippen LogP contribution in [0.15, 0.2) is 0 Å². The quantitative estimate of drug-likeness (QED) is 0.390. The van der Waals surface area contributed by atoms with E-state index >= 15 is 0 Å². The Morgan fingerprint density at radius 3 is 1.84 bits per heavy atom. The first kappa shape index (κ1) is 18.4. The molecule has 114 valence electrons. The Balaban J connectivity index is 3.16. The topological polar surface area (TPSA) is 49.3 Å². The van der Waals surface area contributed by atoms with Crippen molar-refractivity contribution in [2.75, 3.05) is 0 Å². The fourth-order valence-corrected chi connectivity index (χ4v) is 2.13. The van der Waals surface area contributed by atoms with Gasteiger partial charge < -0.3 is 10.4 Å². The van der Waals surface area contributed by atoms with Gasteiger partial charge in [-0.25, -0.2) is 0 Å². The molecule has 0 aromatic heterocycles. The largest absolute Gasteiger partial charge is 0.374 e. The minimum absolute atomic E-state index is 0.0195. The third-order valence-corrected chi connectivity index (χ3v) is 3.47. The van der Waals surface area contributed by atoms with E-state index in [1.54, 1.807) is 0 Å². The Morgan fingerprint density at radius 2 is 1.37 bits per heavy atom. The number of aliphatic hydroxyl groups excluding tert-OH is 1. The fourth-order valence-electron chi connectivity index (χ4n) is 2.13. The summed E-state index contributed by atoms with van der Waals surface area (Å²) in [7, 11) is 0. The average Bonchev–Trinajstić information content (AvgIpc) is 2.40. The number of unbranched alkanes of at least 4 members (excludes halogenated alkanes) is 9. The van der Waals surface area contributed by atoms with Gasteiger partial charge in [-0.15, -0.1) is 0 Å². The lowest BCUT2D eigenvalue weighted by Crippen LogP contribution is -2.33. The molecule has 0 saturated carbocycles. The fraction of sp³-hybridized carbons (Fsp3) is 0.938. The first-order chi connectivity index (χ1) is 9.20. The van der Waals surface area contributed by atoms with Crippen molar-refractivity contribution in [3.05, 3.63) is 0 Å². The van der Waals surface area contributed by atoms with Crippen LogP contribution in [0.25, 0.3) is 0 Å². The summed E-state index contributed by atoms with van der Waals surface area (Å²) in [4.78, 5) is 11.4. The lowest BCUT2D eigenvalue weighted by atomic mass is 10.1. The van der Waals surface area contributed by atoms with Crippen molar-refractivity contribution in [1.29, 1.82) is 0 Å². The standard InChI is InChI=1S/C16H33NO2/c1-3-5-6-7-8-9-10-11-12-13-14-16(19)17-15(18)4-2/h15,18H,3-14H2,1-2H3,(H,17,19). The summed E-state index contributed by atoms with van der Waals surface area (Å²) in [6, 6.07) is 0. The zero-order valence-electron chi connectivity index (χ0n) is 12.9. The highest BCUT2D eigenvalue weighted by molar-refractivity contribution is 5.75. The summed E-state index contributed by atoms with van der Waals surface area (Å²) < 4.78 is 0. The van der Waals surface area contributed by atoms with Crippen LogP contribution in [0.4, 0.5) is 0 Å². The van der Waals surface area contributed by atoms with E-state index in [1.807, 2.05) is 6.92 Å². The number of amides is 1. The van der Waals surface area contributed by atoms with Gasteiger partial charge in [-0.05, 0) is 12.8 Å². The van der Waals surface area contributed by atoms with Gasteiger partial charge in [0.15, 0.2) is 0 Å². The van der Waals surface area contributed by atoms with Crippen molar-refractivity contribution < 1.29 is 9.90 Å². The van der Waals surface area contributed by atoms with Crippen LogP contribution in [-0.4, -0.2) is 17.2 Å². The maximum Gasteiger partial charge on any atom is 0.221 e. The van der Waals surface area contributed by atoms with Gasteiger partial charge in [-0.3, -0.25) is 4.79 Å². The van der Waals surface area contributed by atoms with Crippen LogP contribution in [0, 0.1) is 0 Å². The van der Waals surface area contributed by atoms with Crippen molar-refractivity contribution in [3.8, 4) is 0 Å². The highest BCUT2D eigenvalue weighted by Crippen LogP contribution is 2.11. The number of nitrogens with one attached hydrogen (secondary N) is 1. The first-order valence-corrected chi connectivity index (χ1v) is 8.18. The molecular formula is C16H33NO2. The molecule has 0 bridgehead atoms. The first-order valence-electron chi connectivity index (χ1n) is 8.18. The Hall–Kier alpha value is -0.570. The summed E-state index contributed by atoms with van der Waals surface area (Å²) in [5, 5.41) is 11.8. The SMILES string of the molecule is CCCCCCCCCCCCC(=O)NC(O)CC. The van der Waals surface area contributed by atoms with Crippen molar-refractivity contribution in [1.82, 2.24) is 5.32 Å². The van der Waals surface area contributed by atoms with Gasteiger partial charge in [0.1, 0.15) is 6.23 Å². The molecule has 0 aliphatic heterocycles. The lowest BCUT2D eigenvalue weighted by molar-refractivity contribution is -0.124. The van der Waals surface area contributed by atoms with E-state index in [2.05, 4.69) is 12.2 Å². The molecule has 3 nitrogen and oxygen atoms in total. The van der Waals surface area contributed by atoms with Gasteiger partial charge in [0.05, 0.1) is 0 Å². The smallest absolute Gasteiger partial charge is 0.221 e. The number of carbonyl (C=O) groups is 1. The summed E-state index contributed by atoms with van der Waals surface area (Å²) in [6.45, 7) is 4.10. The van der Waals surface area contributed by atoms with E-state index in [4.69, 9.17) is 0 Å². The summed E-state index contributed by atoms with van der Waals surface area (Å²) in [5.41, 5.74) is 0. The molecule has 3 heteroatoms. The van der Waals surface area contributed by atoms with Gasteiger partial charge in [-0.1, -0.05) is 71.6 Å². The molecule has 1 amide bonds. The summed E-state index contributed by atoms with van der Waals surface area (Å²) in [6.07, 6.45) is 13.2. The number of carbonyl (C=O) groups excluding carboxylic acids is 1. The molecule has 0 spiro atoms. The molecule has 0 heterocycles. The van der Waals surface area contributed by atoms with E-state index < -0.39 is 6.23 Å². The van der Waals surface area contributed by atoms with E-state index in [9.17, 15) is 9.90 Å². The summed E-state index contributed by atoms with van der Waals surface area (Å²) >= 11 is 0. The molecule has 0 saturated heterocycles. The molecular weight excluding hydrogens is 238 g/mol. The zero-order valence-corrected chi connectivity index (χ0v) is 12.9. The van der Waals surface area contributed by atoms with Crippen LogP contribution >= 0.6 is 0 Å². The second-order valence-electron chi connectivity index (χ2n) is 5.42. The van der Waals surface area contributed by atoms with Crippen LogP contribution in [0.1, 0.15) is 90.9 Å². The van der Waals surface area contributed by atoms with Crippen molar-refractivity contribution in [2.24, 2.45) is 0 Å². The Bertz CT molecular complexity index is 207. The third kappa shape index (κ3) is 13.7. The molecule has 0 aliphatic rings. The molecule has 0 aromatic rings. The molecule has 0 radical (unpaired) electrons.